The summed E-state index contributed by atoms with van der Waals surface area (Å²) in [4.78, 5) is 8.27. The largest absolute Gasteiger partial charge is 0.494 e. The maximum Gasteiger partial charge on any atom is 0.189 e. The zero-order valence-electron chi connectivity index (χ0n) is 8.62. The van der Waals surface area contributed by atoms with Crippen molar-refractivity contribution in [2.24, 2.45) is 0 Å². The zero-order chi connectivity index (χ0) is 11.7. The van der Waals surface area contributed by atoms with Gasteiger partial charge in [0.2, 0.25) is 0 Å². The van der Waals surface area contributed by atoms with E-state index in [-0.39, 0.29) is 5.15 Å². The summed E-state index contributed by atoms with van der Waals surface area (Å²) in [5.41, 5.74) is 0.522. The van der Waals surface area contributed by atoms with Crippen molar-refractivity contribution in [1.82, 2.24) is 9.97 Å². The van der Waals surface area contributed by atoms with Crippen LogP contribution in [0.2, 0.25) is 5.15 Å². The van der Waals surface area contributed by atoms with Crippen LogP contribution in [0.15, 0.2) is 17.3 Å². The molecule has 6 heteroatoms. The van der Waals surface area contributed by atoms with Crippen LogP contribution in [0, 0.1) is 5.82 Å². The minimum Gasteiger partial charge on any atom is -0.494 e. The Morgan fingerprint density at radius 2 is 2.12 bits per heavy atom. The van der Waals surface area contributed by atoms with Gasteiger partial charge in [0.25, 0.3) is 0 Å². The number of halogens is 2. The molecular weight excluding hydrogens is 251 g/mol. The normalized spacial score (nSPS) is 10.8. The van der Waals surface area contributed by atoms with E-state index in [0.717, 1.165) is 0 Å². The van der Waals surface area contributed by atoms with E-state index in [2.05, 4.69) is 9.97 Å². The Hall–Kier alpha value is -1.07. The number of ether oxygens (including phenoxy) is 1. The highest BCUT2D eigenvalue weighted by atomic mass is 35.5. The third kappa shape index (κ3) is 1.92. The van der Waals surface area contributed by atoms with Crippen LogP contribution in [0.4, 0.5) is 4.39 Å². The van der Waals surface area contributed by atoms with Gasteiger partial charge in [-0.15, -0.1) is 0 Å². The number of benzene rings is 1. The average Bonchev–Trinajstić information content (AvgIpc) is 2.28. The molecule has 0 N–H and O–H groups in total. The topological polar surface area (TPSA) is 35.0 Å². The highest BCUT2D eigenvalue weighted by Gasteiger charge is 2.11. The monoisotopic (exact) mass is 258 g/mol. The molecule has 0 bridgehead atoms. The van der Waals surface area contributed by atoms with E-state index in [0.29, 0.717) is 21.8 Å². The number of hydrogen-bond donors (Lipinski definition) is 0. The summed E-state index contributed by atoms with van der Waals surface area (Å²) in [6.45, 7) is 0. The molecule has 16 heavy (non-hydrogen) atoms. The van der Waals surface area contributed by atoms with Crippen molar-refractivity contribution >= 4 is 34.3 Å². The van der Waals surface area contributed by atoms with Crippen LogP contribution < -0.4 is 4.74 Å². The van der Waals surface area contributed by atoms with Crippen LogP contribution >= 0.6 is 23.4 Å². The van der Waals surface area contributed by atoms with Gasteiger partial charge in [-0.1, -0.05) is 23.4 Å². The molecule has 3 nitrogen and oxygen atoms in total. The molecule has 0 atom stereocenters. The second-order valence-corrected chi connectivity index (χ2v) is 4.14. The first kappa shape index (κ1) is 11.4. The van der Waals surface area contributed by atoms with Gasteiger partial charge in [0.1, 0.15) is 22.2 Å². The summed E-state index contributed by atoms with van der Waals surface area (Å²) in [5, 5.41) is 1.21. The van der Waals surface area contributed by atoms with Gasteiger partial charge in [-0.25, -0.2) is 14.4 Å². The van der Waals surface area contributed by atoms with Gasteiger partial charge in [0.15, 0.2) is 5.16 Å². The number of methoxy groups -OCH3 is 1. The quantitative estimate of drug-likeness (QED) is 0.471. The summed E-state index contributed by atoms with van der Waals surface area (Å²) in [5.74, 6) is -0.0682. The van der Waals surface area contributed by atoms with Gasteiger partial charge in [-0.05, 0) is 12.3 Å². The van der Waals surface area contributed by atoms with E-state index in [1.54, 1.807) is 0 Å². The first-order valence-electron chi connectivity index (χ1n) is 4.40. The first-order chi connectivity index (χ1) is 7.65. The predicted octanol–water partition coefficient (Wildman–Crippen LogP) is 3.15. The molecule has 0 aliphatic rings. The Morgan fingerprint density at radius 1 is 1.38 bits per heavy atom. The second kappa shape index (κ2) is 4.43. The Labute approximate surface area is 101 Å². The van der Waals surface area contributed by atoms with Crippen molar-refractivity contribution < 1.29 is 9.13 Å². The predicted molar refractivity (Wildman–Crippen MR) is 62.8 cm³/mol. The molecule has 0 aliphatic carbocycles. The minimum atomic E-state index is -0.424. The SMILES string of the molecule is COc1cc(F)cc2c(Cl)nc(SC)nc12. The summed E-state index contributed by atoms with van der Waals surface area (Å²) < 4.78 is 18.3. The Bertz CT molecular complexity index is 550. The lowest BCUT2D eigenvalue weighted by atomic mass is 10.2. The number of fused-ring (bicyclic) bond motifs is 1. The highest BCUT2D eigenvalue weighted by Crippen LogP contribution is 2.30. The van der Waals surface area contributed by atoms with Crippen LogP contribution in [0.3, 0.4) is 0 Å². The first-order valence-corrected chi connectivity index (χ1v) is 6.00. The summed E-state index contributed by atoms with van der Waals surface area (Å²) in [6.07, 6.45) is 1.84. The van der Waals surface area contributed by atoms with Gasteiger partial charge in [-0.2, -0.15) is 0 Å². The Kier molecular flexibility index (Phi) is 3.16. The molecule has 0 amide bonds. The number of aromatic nitrogens is 2. The van der Waals surface area contributed by atoms with E-state index in [9.17, 15) is 4.39 Å². The van der Waals surface area contributed by atoms with Crippen molar-refractivity contribution in [2.75, 3.05) is 13.4 Å². The molecule has 2 rings (SSSR count). The van der Waals surface area contributed by atoms with Gasteiger partial charge < -0.3 is 4.74 Å². The van der Waals surface area contributed by atoms with E-state index in [1.165, 1.54) is 31.0 Å². The zero-order valence-corrected chi connectivity index (χ0v) is 10.2. The van der Waals surface area contributed by atoms with Gasteiger partial charge in [0.05, 0.1) is 7.11 Å². The fraction of sp³-hybridized carbons (Fsp3) is 0.200. The highest BCUT2D eigenvalue weighted by molar-refractivity contribution is 7.98. The lowest BCUT2D eigenvalue weighted by Crippen LogP contribution is -1.94. The summed E-state index contributed by atoms with van der Waals surface area (Å²) in [6, 6.07) is 2.57. The molecule has 0 unspecified atom stereocenters. The van der Waals surface area contributed by atoms with Crippen LogP contribution in [0.5, 0.6) is 5.75 Å². The molecule has 0 fully saturated rings. The van der Waals surface area contributed by atoms with Crippen molar-refractivity contribution in [3.05, 3.63) is 23.1 Å². The Balaban J connectivity index is 2.83. The lowest BCUT2D eigenvalue weighted by Gasteiger charge is -2.07. The summed E-state index contributed by atoms with van der Waals surface area (Å²) >= 11 is 7.32. The van der Waals surface area contributed by atoms with Gasteiger partial charge >= 0.3 is 0 Å². The number of nitrogens with zero attached hydrogens (tertiary/aromatic N) is 2. The molecule has 1 heterocycles. The van der Waals surface area contributed by atoms with Crippen LogP contribution in [-0.4, -0.2) is 23.3 Å². The minimum absolute atomic E-state index is 0.229. The Morgan fingerprint density at radius 3 is 2.75 bits per heavy atom. The third-order valence-corrected chi connectivity index (χ3v) is 2.90. The third-order valence-electron chi connectivity index (χ3n) is 2.07. The summed E-state index contributed by atoms with van der Waals surface area (Å²) in [7, 11) is 1.46. The number of hydrogen-bond acceptors (Lipinski definition) is 4. The molecule has 0 spiro atoms. The standard InChI is InChI=1S/C10H8ClFN2OS/c1-15-7-4-5(12)3-6-8(7)13-10(16-2)14-9(6)11/h3-4H,1-2H3. The smallest absolute Gasteiger partial charge is 0.189 e. The molecule has 84 valence electrons. The maximum absolute atomic E-state index is 13.2. The molecule has 0 aliphatic heterocycles. The van der Waals surface area contributed by atoms with E-state index in [1.807, 2.05) is 6.26 Å². The van der Waals surface area contributed by atoms with Crippen molar-refractivity contribution in [2.45, 2.75) is 5.16 Å². The molecule has 0 saturated carbocycles. The van der Waals surface area contributed by atoms with Gasteiger partial charge in [-0.3, -0.25) is 0 Å². The maximum atomic E-state index is 13.2. The fourth-order valence-electron chi connectivity index (χ4n) is 1.36. The average molecular weight is 259 g/mol. The molecule has 0 saturated heterocycles. The van der Waals surface area contributed by atoms with Crippen LogP contribution in [0.1, 0.15) is 0 Å². The van der Waals surface area contributed by atoms with Crippen molar-refractivity contribution in [3.63, 3.8) is 0 Å². The molecule has 2 aromatic rings. The number of thioether (sulfide) groups is 1. The van der Waals surface area contributed by atoms with E-state index >= 15 is 0 Å². The fourth-order valence-corrected chi connectivity index (χ4v) is 2.00. The van der Waals surface area contributed by atoms with Crippen LogP contribution in [0.25, 0.3) is 10.9 Å². The molecular formula is C10H8ClFN2OS. The van der Waals surface area contributed by atoms with E-state index in [4.69, 9.17) is 16.3 Å². The van der Waals surface area contributed by atoms with Gasteiger partial charge in [0, 0.05) is 11.5 Å². The van der Waals surface area contributed by atoms with Crippen LogP contribution in [-0.2, 0) is 0 Å². The number of rotatable bonds is 2. The lowest BCUT2D eigenvalue weighted by molar-refractivity contribution is 0.415. The van der Waals surface area contributed by atoms with E-state index < -0.39 is 5.82 Å². The molecule has 0 radical (unpaired) electrons. The molecule has 1 aromatic carbocycles. The molecule has 1 aromatic heterocycles. The van der Waals surface area contributed by atoms with Crippen molar-refractivity contribution in [3.8, 4) is 5.75 Å². The second-order valence-electron chi connectivity index (χ2n) is 3.01. The van der Waals surface area contributed by atoms with Crippen molar-refractivity contribution in [1.29, 1.82) is 0 Å².